The Hall–Kier alpha value is -1.66. The van der Waals surface area contributed by atoms with E-state index in [4.69, 9.17) is 5.73 Å². The number of nitrogens with one attached hydrogen (secondary N) is 1. The van der Waals surface area contributed by atoms with Gasteiger partial charge in [0.2, 0.25) is 5.91 Å². The Balaban J connectivity index is 0.00000242. The minimum absolute atomic E-state index is 0. The predicted molar refractivity (Wildman–Crippen MR) is 85.6 cm³/mol. The van der Waals surface area contributed by atoms with Gasteiger partial charge in [-0.05, 0) is 43.5 Å². The molecule has 0 unspecified atom stereocenters. The molecule has 1 aromatic rings. The molecule has 0 radical (unpaired) electrons. The molecule has 1 saturated heterocycles. The van der Waals surface area contributed by atoms with Gasteiger partial charge in [-0.3, -0.25) is 9.59 Å². The Morgan fingerprint density at radius 1 is 1.36 bits per heavy atom. The van der Waals surface area contributed by atoms with Gasteiger partial charge in [0, 0.05) is 25.6 Å². The Morgan fingerprint density at radius 3 is 2.55 bits per heavy atom. The van der Waals surface area contributed by atoms with Crippen LogP contribution in [-0.4, -0.2) is 36.3 Å². The number of likely N-dealkylation sites (tertiary alicyclic amines) is 1. The van der Waals surface area contributed by atoms with E-state index in [0.29, 0.717) is 31.1 Å². The molecule has 1 heterocycles. The van der Waals surface area contributed by atoms with Crippen LogP contribution in [0.15, 0.2) is 18.2 Å². The van der Waals surface area contributed by atoms with Gasteiger partial charge in [-0.15, -0.1) is 12.4 Å². The second-order valence-electron chi connectivity index (χ2n) is 5.35. The Labute approximate surface area is 135 Å². The van der Waals surface area contributed by atoms with E-state index in [1.165, 1.54) is 25.1 Å². The van der Waals surface area contributed by atoms with Crippen LogP contribution in [0.5, 0.6) is 0 Å². The molecule has 2 amide bonds. The molecule has 0 saturated carbocycles. The lowest BCUT2D eigenvalue weighted by atomic mass is 9.96. The number of carbonyl (C=O) groups is 2. The number of nitrogens with zero attached hydrogens (tertiary/aromatic N) is 1. The van der Waals surface area contributed by atoms with Gasteiger partial charge in [0.15, 0.2) is 0 Å². The number of rotatable bonds is 3. The monoisotopic (exact) mass is 329 g/mol. The van der Waals surface area contributed by atoms with Crippen molar-refractivity contribution in [2.24, 2.45) is 11.7 Å². The summed E-state index contributed by atoms with van der Waals surface area (Å²) in [4.78, 5) is 25.2. The lowest BCUT2D eigenvalue weighted by molar-refractivity contribution is -0.114. The van der Waals surface area contributed by atoms with E-state index in [9.17, 15) is 14.0 Å². The normalized spacial score (nSPS) is 15.1. The first-order chi connectivity index (χ1) is 10.0. The topological polar surface area (TPSA) is 75.4 Å². The van der Waals surface area contributed by atoms with Gasteiger partial charge >= 0.3 is 0 Å². The van der Waals surface area contributed by atoms with Crippen LogP contribution in [0.1, 0.15) is 30.1 Å². The molecule has 3 N–H and O–H groups in total. The molecule has 1 fully saturated rings. The highest BCUT2D eigenvalue weighted by atomic mass is 35.5. The zero-order chi connectivity index (χ0) is 15.4. The van der Waals surface area contributed by atoms with Crippen molar-refractivity contribution in [2.45, 2.75) is 19.8 Å². The fourth-order valence-corrected chi connectivity index (χ4v) is 2.50. The maximum absolute atomic E-state index is 13.6. The summed E-state index contributed by atoms with van der Waals surface area (Å²) in [5.41, 5.74) is 6.05. The molecule has 1 aromatic carbocycles. The first kappa shape index (κ1) is 18.4. The molecule has 2 rings (SSSR count). The van der Waals surface area contributed by atoms with Crippen molar-refractivity contribution in [3.63, 3.8) is 0 Å². The molecule has 7 heteroatoms. The zero-order valence-corrected chi connectivity index (χ0v) is 13.3. The third-order valence-electron chi connectivity index (χ3n) is 3.76. The molecule has 1 aliphatic heterocycles. The molecule has 0 bridgehead atoms. The van der Waals surface area contributed by atoms with E-state index >= 15 is 0 Å². The standard InChI is InChI=1S/C15H20FN3O2.ClH/c1-10(20)18-14-8-12(2-3-13(14)16)15(21)19-6-4-11(9-17)5-7-19;/h2-3,8,11H,4-7,9,17H2,1H3,(H,18,20);1H. The fraction of sp³-hybridized carbons (Fsp3) is 0.467. The number of hydrogen-bond acceptors (Lipinski definition) is 3. The molecule has 22 heavy (non-hydrogen) atoms. The van der Waals surface area contributed by atoms with Crippen molar-refractivity contribution < 1.29 is 14.0 Å². The first-order valence-electron chi connectivity index (χ1n) is 7.07. The summed E-state index contributed by atoms with van der Waals surface area (Å²) in [6.45, 7) is 3.26. The summed E-state index contributed by atoms with van der Waals surface area (Å²) < 4.78 is 13.6. The third-order valence-corrected chi connectivity index (χ3v) is 3.76. The minimum Gasteiger partial charge on any atom is -0.339 e. The number of piperidine rings is 1. The Bertz CT molecular complexity index is 546. The number of amides is 2. The quantitative estimate of drug-likeness (QED) is 0.890. The number of anilines is 1. The first-order valence-corrected chi connectivity index (χ1v) is 7.07. The van der Waals surface area contributed by atoms with Crippen LogP contribution < -0.4 is 11.1 Å². The number of nitrogens with two attached hydrogens (primary N) is 1. The Kier molecular flexibility index (Phi) is 6.77. The van der Waals surface area contributed by atoms with Crippen LogP contribution in [0.25, 0.3) is 0 Å². The van der Waals surface area contributed by atoms with Gasteiger partial charge in [-0.1, -0.05) is 0 Å². The lowest BCUT2D eigenvalue weighted by Gasteiger charge is -2.31. The smallest absolute Gasteiger partial charge is 0.253 e. The molecule has 0 aliphatic carbocycles. The number of halogens is 2. The maximum atomic E-state index is 13.6. The van der Waals surface area contributed by atoms with Gasteiger partial charge in [0.1, 0.15) is 5.82 Å². The van der Waals surface area contributed by atoms with Crippen LogP contribution in [0.2, 0.25) is 0 Å². The van der Waals surface area contributed by atoms with E-state index in [1.807, 2.05) is 0 Å². The van der Waals surface area contributed by atoms with Gasteiger partial charge in [0.05, 0.1) is 5.69 Å². The van der Waals surface area contributed by atoms with E-state index < -0.39 is 5.82 Å². The summed E-state index contributed by atoms with van der Waals surface area (Å²) in [6, 6.07) is 4.03. The lowest BCUT2D eigenvalue weighted by Crippen LogP contribution is -2.40. The SMILES string of the molecule is CC(=O)Nc1cc(C(=O)N2CCC(CN)CC2)ccc1F.Cl. The van der Waals surface area contributed by atoms with Crippen molar-refractivity contribution in [3.05, 3.63) is 29.6 Å². The largest absolute Gasteiger partial charge is 0.339 e. The number of hydrogen-bond donors (Lipinski definition) is 2. The summed E-state index contributed by atoms with van der Waals surface area (Å²) >= 11 is 0. The average Bonchev–Trinajstić information content (AvgIpc) is 2.48. The van der Waals surface area contributed by atoms with Gasteiger partial charge in [0.25, 0.3) is 5.91 Å². The third kappa shape index (κ3) is 4.42. The van der Waals surface area contributed by atoms with Gasteiger partial charge in [-0.2, -0.15) is 0 Å². The van der Waals surface area contributed by atoms with Crippen LogP contribution >= 0.6 is 12.4 Å². The minimum atomic E-state index is -0.552. The van der Waals surface area contributed by atoms with Crippen molar-refractivity contribution in [1.29, 1.82) is 0 Å². The summed E-state index contributed by atoms with van der Waals surface area (Å²) in [5.74, 6) is -0.597. The zero-order valence-electron chi connectivity index (χ0n) is 12.5. The highest BCUT2D eigenvalue weighted by molar-refractivity contribution is 5.97. The molecular weight excluding hydrogens is 309 g/mol. The molecule has 1 aliphatic rings. The summed E-state index contributed by atoms with van der Waals surface area (Å²) in [6.07, 6.45) is 1.78. The maximum Gasteiger partial charge on any atom is 0.253 e. The van der Waals surface area contributed by atoms with Crippen molar-refractivity contribution in [3.8, 4) is 0 Å². The van der Waals surface area contributed by atoms with Crippen LogP contribution in [-0.2, 0) is 4.79 Å². The second-order valence-corrected chi connectivity index (χ2v) is 5.35. The highest BCUT2D eigenvalue weighted by Crippen LogP contribution is 2.21. The van der Waals surface area contributed by atoms with Gasteiger partial charge in [-0.25, -0.2) is 4.39 Å². The van der Waals surface area contributed by atoms with E-state index in [1.54, 1.807) is 4.90 Å². The molecule has 5 nitrogen and oxygen atoms in total. The molecular formula is C15H21ClFN3O2. The van der Waals surface area contributed by atoms with Crippen LogP contribution in [0.4, 0.5) is 10.1 Å². The van der Waals surface area contributed by atoms with Crippen LogP contribution in [0.3, 0.4) is 0 Å². The molecule has 0 spiro atoms. The van der Waals surface area contributed by atoms with Crippen molar-refractivity contribution in [1.82, 2.24) is 4.90 Å². The Morgan fingerprint density at radius 2 is 2.00 bits per heavy atom. The van der Waals surface area contributed by atoms with Crippen LogP contribution in [0, 0.1) is 11.7 Å². The van der Waals surface area contributed by atoms with Gasteiger partial charge < -0.3 is 16.0 Å². The predicted octanol–water partition coefficient (Wildman–Crippen LogP) is 2.02. The molecule has 0 atom stereocenters. The van der Waals surface area contributed by atoms with E-state index in [-0.39, 0.29) is 29.9 Å². The number of benzene rings is 1. The molecule has 0 aromatic heterocycles. The summed E-state index contributed by atoms with van der Waals surface area (Å²) in [7, 11) is 0. The van der Waals surface area contributed by atoms with E-state index in [0.717, 1.165) is 12.8 Å². The summed E-state index contributed by atoms with van der Waals surface area (Å²) in [5, 5.41) is 2.39. The highest BCUT2D eigenvalue weighted by Gasteiger charge is 2.23. The van der Waals surface area contributed by atoms with Crippen molar-refractivity contribution in [2.75, 3.05) is 25.0 Å². The molecule has 122 valence electrons. The average molecular weight is 330 g/mol. The second kappa shape index (κ2) is 8.10. The van der Waals surface area contributed by atoms with E-state index in [2.05, 4.69) is 5.32 Å². The van der Waals surface area contributed by atoms with Crippen molar-refractivity contribution >= 4 is 29.9 Å². The fourth-order valence-electron chi connectivity index (χ4n) is 2.50. The number of carbonyl (C=O) groups excluding carboxylic acids is 2.